The first-order valence-corrected chi connectivity index (χ1v) is 12.4. The third-order valence-electron chi connectivity index (χ3n) is 5.89. The van der Waals surface area contributed by atoms with Crippen molar-refractivity contribution in [3.8, 4) is 11.4 Å². The van der Waals surface area contributed by atoms with E-state index in [1.165, 1.54) is 12.5 Å². The van der Waals surface area contributed by atoms with Crippen molar-refractivity contribution in [1.82, 2.24) is 19.5 Å². The fourth-order valence-electron chi connectivity index (χ4n) is 4.13. The summed E-state index contributed by atoms with van der Waals surface area (Å²) in [6.07, 6.45) is 4.40. The predicted molar refractivity (Wildman–Crippen MR) is 124 cm³/mol. The molecule has 5 rings (SSSR count). The lowest BCUT2D eigenvalue weighted by Crippen LogP contribution is -2.28. The van der Waals surface area contributed by atoms with Crippen LogP contribution in [-0.2, 0) is 27.8 Å². The molecule has 1 unspecified atom stereocenters. The Hall–Kier alpha value is -3.53. The van der Waals surface area contributed by atoms with Crippen molar-refractivity contribution in [2.45, 2.75) is 50.1 Å². The molecule has 1 aromatic heterocycles. The first-order chi connectivity index (χ1) is 15.9. The number of fused-ring (bicyclic) bond motifs is 2. The molecule has 2 aromatic carbocycles. The van der Waals surface area contributed by atoms with Crippen molar-refractivity contribution >= 4 is 27.5 Å². The first kappa shape index (κ1) is 21.3. The standard InChI is InChI=1S/C23H24N6O3S/c1-15(24-21-18-7-4-5-8-19(18)33(31,32)28-21)23(30)25-17-12-10-16(11-13-17)22-27-26-20-9-3-2-6-14-29(20)22/h4-5,7-8,10-13,15H,2-3,6,9,14H2,1H3,(H,24,28)(H,25,30). The number of carbonyl (C=O) groups is 1. The zero-order valence-electron chi connectivity index (χ0n) is 18.2. The molecule has 2 aliphatic rings. The van der Waals surface area contributed by atoms with Crippen LogP contribution in [-0.4, -0.2) is 41.0 Å². The summed E-state index contributed by atoms with van der Waals surface area (Å²) in [6.45, 7) is 2.54. The molecule has 0 saturated carbocycles. The number of aliphatic imine (C=N–C) groups is 1. The number of aryl methyl sites for hydroxylation is 1. The number of hydrogen-bond acceptors (Lipinski definition) is 6. The Morgan fingerprint density at radius 1 is 1.09 bits per heavy atom. The highest BCUT2D eigenvalue weighted by molar-refractivity contribution is 7.90. The molecule has 0 saturated heterocycles. The second-order valence-corrected chi connectivity index (χ2v) is 9.87. The maximum Gasteiger partial charge on any atom is 0.263 e. The number of anilines is 1. The van der Waals surface area contributed by atoms with Gasteiger partial charge < -0.3 is 9.88 Å². The number of hydrogen-bond donors (Lipinski definition) is 2. The van der Waals surface area contributed by atoms with Crippen LogP contribution in [0.2, 0.25) is 0 Å². The number of benzene rings is 2. The van der Waals surface area contributed by atoms with Gasteiger partial charge in [-0.3, -0.25) is 14.5 Å². The molecule has 10 heteroatoms. The summed E-state index contributed by atoms with van der Waals surface area (Å²) in [5.74, 6) is 1.71. The van der Waals surface area contributed by atoms with Crippen LogP contribution < -0.4 is 10.0 Å². The zero-order valence-corrected chi connectivity index (χ0v) is 19.0. The summed E-state index contributed by atoms with van der Waals surface area (Å²) >= 11 is 0. The monoisotopic (exact) mass is 464 g/mol. The molecule has 1 amide bonds. The largest absolute Gasteiger partial charge is 0.324 e. The number of nitrogens with one attached hydrogen (secondary N) is 2. The van der Waals surface area contributed by atoms with Gasteiger partial charge in [-0.25, -0.2) is 8.42 Å². The van der Waals surface area contributed by atoms with Crippen LogP contribution in [0.25, 0.3) is 11.4 Å². The van der Waals surface area contributed by atoms with E-state index in [4.69, 9.17) is 0 Å². The van der Waals surface area contributed by atoms with Crippen LogP contribution in [0.4, 0.5) is 5.69 Å². The van der Waals surface area contributed by atoms with E-state index in [0.29, 0.717) is 11.3 Å². The van der Waals surface area contributed by atoms with E-state index in [0.717, 1.165) is 43.0 Å². The Balaban J connectivity index is 1.30. The van der Waals surface area contributed by atoms with Crippen LogP contribution in [0.5, 0.6) is 0 Å². The molecule has 3 heterocycles. The Morgan fingerprint density at radius 3 is 2.70 bits per heavy atom. The molecule has 0 aliphatic carbocycles. The van der Waals surface area contributed by atoms with E-state index in [2.05, 4.69) is 29.8 Å². The number of rotatable bonds is 4. The van der Waals surface area contributed by atoms with E-state index in [1.807, 2.05) is 24.3 Å². The van der Waals surface area contributed by atoms with E-state index in [-0.39, 0.29) is 16.6 Å². The topological polar surface area (TPSA) is 118 Å². The fourth-order valence-corrected chi connectivity index (χ4v) is 5.37. The lowest BCUT2D eigenvalue weighted by molar-refractivity contribution is -0.117. The van der Waals surface area contributed by atoms with Crippen LogP contribution in [0.1, 0.15) is 37.6 Å². The van der Waals surface area contributed by atoms with Crippen molar-refractivity contribution in [1.29, 1.82) is 0 Å². The quantitative estimate of drug-likeness (QED) is 0.616. The normalized spacial score (nSPS) is 18.6. The maximum absolute atomic E-state index is 12.7. The molecule has 3 aromatic rings. The molecule has 1 atom stereocenters. The van der Waals surface area contributed by atoms with Crippen molar-refractivity contribution in [2.24, 2.45) is 4.99 Å². The molecule has 170 valence electrons. The van der Waals surface area contributed by atoms with E-state index in [1.54, 1.807) is 25.1 Å². The Morgan fingerprint density at radius 2 is 1.88 bits per heavy atom. The smallest absolute Gasteiger partial charge is 0.263 e. The van der Waals surface area contributed by atoms with Gasteiger partial charge in [-0.1, -0.05) is 18.6 Å². The van der Waals surface area contributed by atoms with Crippen molar-refractivity contribution in [3.63, 3.8) is 0 Å². The van der Waals surface area contributed by atoms with Gasteiger partial charge in [0.1, 0.15) is 17.7 Å². The second-order valence-electron chi connectivity index (χ2n) is 8.22. The first-order valence-electron chi connectivity index (χ1n) is 11.0. The highest BCUT2D eigenvalue weighted by Crippen LogP contribution is 2.25. The summed E-state index contributed by atoms with van der Waals surface area (Å²) in [5.41, 5.74) is 2.03. The molecule has 2 N–H and O–H groups in total. The summed E-state index contributed by atoms with van der Waals surface area (Å²) in [4.78, 5) is 17.2. The third-order valence-corrected chi connectivity index (χ3v) is 7.28. The van der Waals surface area contributed by atoms with Gasteiger partial charge in [0.25, 0.3) is 10.0 Å². The van der Waals surface area contributed by atoms with Crippen LogP contribution in [0.15, 0.2) is 58.4 Å². The van der Waals surface area contributed by atoms with Gasteiger partial charge in [0.05, 0.1) is 4.90 Å². The molecule has 2 aliphatic heterocycles. The Kier molecular flexibility index (Phi) is 5.45. The predicted octanol–water partition coefficient (Wildman–Crippen LogP) is 2.74. The summed E-state index contributed by atoms with van der Waals surface area (Å²) in [5, 5.41) is 11.5. The summed E-state index contributed by atoms with van der Waals surface area (Å²) < 4.78 is 29.1. The summed E-state index contributed by atoms with van der Waals surface area (Å²) in [6, 6.07) is 13.2. The number of aromatic nitrogens is 3. The van der Waals surface area contributed by atoms with Gasteiger partial charge in [-0.15, -0.1) is 10.2 Å². The number of amides is 1. The minimum Gasteiger partial charge on any atom is -0.324 e. The SMILES string of the molecule is CC(N=C1NS(=O)(=O)c2ccccc21)C(=O)Nc1ccc(-c2nnc3n2CCCCC3)cc1. The van der Waals surface area contributed by atoms with E-state index >= 15 is 0 Å². The average Bonchev–Trinajstić information content (AvgIpc) is 3.21. The van der Waals surface area contributed by atoms with Crippen molar-refractivity contribution in [2.75, 3.05) is 5.32 Å². The molecule has 0 bridgehead atoms. The van der Waals surface area contributed by atoms with Gasteiger partial charge in [0.15, 0.2) is 5.82 Å². The minimum atomic E-state index is -3.65. The number of amidine groups is 1. The molecular formula is C23H24N6O3S. The Labute approximate surface area is 192 Å². The third kappa shape index (κ3) is 4.13. The van der Waals surface area contributed by atoms with Crippen LogP contribution >= 0.6 is 0 Å². The molecule has 9 nitrogen and oxygen atoms in total. The lowest BCUT2D eigenvalue weighted by atomic mass is 10.2. The summed E-state index contributed by atoms with van der Waals surface area (Å²) in [7, 11) is -3.65. The van der Waals surface area contributed by atoms with Gasteiger partial charge in [-0.2, -0.15) is 0 Å². The van der Waals surface area contributed by atoms with E-state index in [9.17, 15) is 13.2 Å². The van der Waals surface area contributed by atoms with Gasteiger partial charge in [0.2, 0.25) is 5.91 Å². The maximum atomic E-state index is 12.7. The average molecular weight is 465 g/mol. The van der Waals surface area contributed by atoms with Crippen LogP contribution in [0, 0.1) is 0 Å². The number of carbonyl (C=O) groups excluding carboxylic acids is 1. The van der Waals surface area contributed by atoms with Gasteiger partial charge in [-0.05, 0) is 56.2 Å². The van der Waals surface area contributed by atoms with Gasteiger partial charge >= 0.3 is 0 Å². The molecule has 0 spiro atoms. The highest BCUT2D eigenvalue weighted by atomic mass is 32.2. The van der Waals surface area contributed by atoms with Crippen LogP contribution in [0.3, 0.4) is 0 Å². The molecule has 0 radical (unpaired) electrons. The fraction of sp³-hybridized carbons (Fsp3) is 0.304. The van der Waals surface area contributed by atoms with E-state index < -0.39 is 16.1 Å². The van der Waals surface area contributed by atoms with Crippen molar-refractivity contribution in [3.05, 3.63) is 59.9 Å². The molecular weight excluding hydrogens is 440 g/mol. The van der Waals surface area contributed by atoms with Crippen molar-refractivity contribution < 1.29 is 13.2 Å². The minimum absolute atomic E-state index is 0.165. The molecule has 0 fully saturated rings. The lowest BCUT2D eigenvalue weighted by Gasteiger charge is -2.11. The van der Waals surface area contributed by atoms with Gasteiger partial charge in [0, 0.05) is 29.8 Å². The second kappa shape index (κ2) is 8.43. The Bertz CT molecular complexity index is 1340. The highest BCUT2D eigenvalue weighted by Gasteiger charge is 2.31. The number of nitrogens with zero attached hydrogens (tertiary/aromatic N) is 4. The zero-order chi connectivity index (χ0) is 23.0. The number of sulfonamides is 1. The molecule has 33 heavy (non-hydrogen) atoms.